The first-order valence-corrected chi connectivity index (χ1v) is 8.81. The summed E-state index contributed by atoms with van der Waals surface area (Å²) in [6.45, 7) is 4.16. The van der Waals surface area contributed by atoms with Gasteiger partial charge in [0.05, 0.1) is 11.0 Å². The van der Waals surface area contributed by atoms with Crippen LogP contribution in [0.5, 0.6) is 0 Å². The van der Waals surface area contributed by atoms with Crippen LogP contribution in [0.3, 0.4) is 0 Å². The van der Waals surface area contributed by atoms with Crippen LogP contribution >= 0.6 is 0 Å². The van der Waals surface area contributed by atoms with Crippen molar-refractivity contribution in [3.63, 3.8) is 0 Å². The minimum Gasteiger partial charge on any atom is -0.254 e. The first-order chi connectivity index (χ1) is 12.8. The van der Waals surface area contributed by atoms with Gasteiger partial charge < -0.3 is 0 Å². The van der Waals surface area contributed by atoms with Gasteiger partial charge in [-0.25, -0.2) is 0 Å². The van der Waals surface area contributed by atoms with Gasteiger partial charge in [0.2, 0.25) is 0 Å². The fourth-order valence-electron chi connectivity index (χ4n) is 3.37. The van der Waals surface area contributed by atoms with Crippen molar-refractivity contribution in [2.45, 2.75) is 13.8 Å². The van der Waals surface area contributed by atoms with E-state index in [1.165, 1.54) is 22.3 Å². The normalized spacial score (nSPS) is 12.3. The summed E-state index contributed by atoms with van der Waals surface area (Å²) in [6, 6.07) is 18.9. The Balaban J connectivity index is 2.00. The summed E-state index contributed by atoms with van der Waals surface area (Å²) in [6.07, 6.45) is 9.99. The van der Waals surface area contributed by atoms with E-state index in [4.69, 9.17) is 0 Å². The second kappa shape index (κ2) is 6.93. The van der Waals surface area contributed by atoms with Crippen LogP contribution in [-0.4, -0.2) is 9.97 Å². The lowest BCUT2D eigenvalue weighted by Crippen LogP contribution is -1.91. The van der Waals surface area contributed by atoms with Crippen LogP contribution in [0.15, 0.2) is 85.2 Å². The van der Waals surface area contributed by atoms with Crippen molar-refractivity contribution in [2.75, 3.05) is 0 Å². The highest BCUT2D eigenvalue weighted by molar-refractivity contribution is 6.10. The Labute approximate surface area is 153 Å². The number of nitrogens with zero attached hydrogens (tertiary/aromatic N) is 2. The molecular weight excluding hydrogens is 316 g/mol. The maximum Gasteiger partial charge on any atom is 0.0970 e. The van der Waals surface area contributed by atoms with Crippen molar-refractivity contribution in [2.24, 2.45) is 0 Å². The Kier molecular flexibility index (Phi) is 4.32. The predicted molar refractivity (Wildman–Crippen MR) is 111 cm³/mol. The molecule has 0 aliphatic rings. The molecule has 0 unspecified atom stereocenters. The first kappa shape index (κ1) is 16.2. The minimum absolute atomic E-state index is 0.949. The molecule has 2 heteroatoms. The van der Waals surface area contributed by atoms with Gasteiger partial charge in [0.15, 0.2) is 0 Å². The van der Waals surface area contributed by atoms with Crippen LogP contribution in [-0.2, 0) is 0 Å². The molecule has 0 saturated carbocycles. The standard InChI is InChI=1S/C24H20N2/c1-3-4-8-17(2)19-13-15-25-23-21(19)11-12-22-20(14-16-26-24(22)23)18-9-6-5-7-10-18/h3-16H,1-2H3/b4-3-,17-8+. The highest BCUT2D eigenvalue weighted by Gasteiger charge is 2.11. The number of allylic oxidation sites excluding steroid dienone is 4. The Morgan fingerprint density at radius 3 is 2.27 bits per heavy atom. The second-order valence-corrected chi connectivity index (χ2v) is 6.32. The predicted octanol–water partition coefficient (Wildman–Crippen LogP) is 6.43. The summed E-state index contributed by atoms with van der Waals surface area (Å²) in [4.78, 5) is 9.32. The van der Waals surface area contributed by atoms with Gasteiger partial charge in [-0.15, -0.1) is 0 Å². The Morgan fingerprint density at radius 1 is 0.808 bits per heavy atom. The van der Waals surface area contributed by atoms with Crippen LogP contribution in [0.25, 0.3) is 38.5 Å². The topological polar surface area (TPSA) is 25.8 Å². The molecule has 0 atom stereocenters. The van der Waals surface area contributed by atoms with Crippen LogP contribution in [0.2, 0.25) is 0 Å². The SMILES string of the molecule is C/C=C\C=C(/C)c1ccnc2c1ccc1c(-c3ccccc3)ccnc12. The average molecular weight is 336 g/mol. The molecule has 2 heterocycles. The zero-order valence-corrected chi connectivity index (χ0v) is 15.0. The van der Waals surface area contributed by atoms with Crippen molar-refractivity contribution in [3.8, 4) is 11.1 Å². The monoisotopic (exact) mass is 336 g/mol. The molecule has 26 heavy (non-hydrogen) atoms. The molecule has 2 aromatic heterocycles. The fraction of sp³-hybridized carbons (Fsp3) is 0.0833. The van der Waals surface area contributed by atoms with Gasteiger partial charge in [-0.05, 0) is 48.2 Å². The maximum atomic E-state index is 4.66. The Bertz CT molecular complexity index is 1140. The quantitative estimate of drug-likeness (QED) is 0.318. The minimum atomic E-state index is 0.949. The molecule has 0 amide bonds. The van der Waals surface area contributed by atoms with Crippen molar-refractivity contribution < 1.29 is 0 Å². The number of aromatic nitrogens is 2. The maximum absolute atomic E-state index is 4.66. The van der Waals surface area contributed by atoms with Crippen molar-refractivity contribution >= 4 is 27.4 Å². The smallest absolute Gasteiger partial charge is 0.0970 e. The average Bonchev–Trinajstić information content (AvgIpc) is 2.71. The van der Waals surface area contributed by atoms with Crippen LogP contribution in [0, 0.1) is 0 Å². The van der Waals surface area contributed by atoms with Crippen molar-refractivity contribution in [1.29, 1.82) is 0 Å². The van der Waals surface area contributed by atoms with Crippen molar-refractivity contribution in [1.82, 2.24) is 9.97 Å². The van der Waals surface area contributed by atoms with Gasteiger partial charge in [0, 0.05) is 23.2 Å². The van der Waals surface area contributed by atoms with Crippen LogP contribution < -0.4 is 0 Å². The summed E-state index contributed by atoms with van der Waals surface area (Å²) in [5.41, 5.74) is 6.69. The highest BCUT2D eigenvalue weighted by atomic mass is 14.7. The van der Waals surface area contributed by atoms with E-state index in [1.54, 1.807) is 0 Å². The zero-order valence-electron chi connectivity index (χ0n) is 15.0. The summed E-state index contributed by atoms with van der Waals surface area (Å²) >= 11 is 0. The molecule has 0 bridgehead atoms. The molecule has 0 aliphatic carbocycles. The van der Waals surface area contributed by atoms with Gasteiger partial charge in [-0.1, -0.05) is 60.7 Å². The molecule has 0 aliphatic heterocycles. The van der Waals surface area contributed by atoms with Gasteiger partial charge >= 0.3 is 0 Å². The van der Waals surface area contributed by atoms with Crippen LogP contribution in [0.4, 0.5) is 0 Å². The summed E-state index contributed by atoms with van der Waals surface area (Å²) in [5.74, 6) is 0. The van der Waals surface area contributed by atoms with E-state index in [2.05, 4.69) is 77.6 Å². The van der Waals surface area contributed by atoms with E-state index >= 15 is 0 Å². The summed E-state index contributed by atoms with van der Waals surface area (Å²) in [5, 5.41) is 2.27. The van der Waals surface area contributed by atoms with Gasteiger partial charge in [-0.3, -0.25) is 9.97 Å². The van der Waals surface area contributed by atoms with Crippen LogP contribution in [0.1, 0.15) is 19.4 Å². The summed E-state index contributed by atoms with van der Waals surface area (Å²) in [7, 11) is 0. The van der Waals surface area contributed by atoms with E-state index in [0.717, 1.165) is 21.8 Å². The molecule has 2 aromatic carbocycles. The molecule has 0 radical (unpaired) electrons. The first-order valence-electron chi connectivity index (χ1n) is 8.81. The third-order valence-electron chi connectivity index (χ3n) is 4.67. The van der Waals surface area contributed by atoms with E-state index < -0.39 is 0 Å². The lowest BCUT2D eigenvalue weighted by Gasteiger charge is -2.11. The second-order valence-electron chi connectivity index (χ2n) is 6.32. The van der Waals surface area contributed by atoms with Gasteiger partial charge in [0.25, 0.3) is 0 Å². The number of fused-ring (bicyclic) bond motifs is 3. The lowest BCUT2D eigenvalue weighted by molar-refractivity contribution is 1.36. The van der Waals surface area contributed by atoms with Crippen molar-refractivity contribution in [3.05, 3.63) is 90.8 Å². The number of benzene rings is 2. The van der Waals surface area contributed by atoms with Gasteiger partial charge in [-0.2, -0.15) is 0 Å². The zero-order chi connectivity index (χ0) is 17.9. The fourth-order valence-corrected chi connectivity index (χ4v) is 3.37. The number of hydrogen-bond acceptors (Lipinski definition) is 2. The highest BCUT2D eigenvalue weighted by Crippen LogP contribution is 2.33. The summed E-state index contributed by atoms with van der Waals surface area (Å²) < 4.78 is 0. The number of pyridine rings is 2. The molecule has 0 fully saturated rings. The van der Waals surface area contributed by atoms with Gasteiger partial charge in [0.1, 0.15) is 0 Å². The molecule has 126 valence electrons. The molecule has 0 N–H and O–H groups in total. The molecule has 4 rings (SSSR count). The lowest BCUT2D eigenvalue weighted by atomic mass is 9.97. The molecule has 0 spiro atoms. The molecule has 4 aromatic rings. The Hall–Kier alpha value is -3.26. The van der Waals surface area contributed by atoms with E-state index in [9.17, 15) is 0 Å². The molecule has 2 nitrogen and oxygen atoms in total. The third-order valence-corrected chi connectivity index (χ3v) is 4.67. The van der Waals surface area contributed by atoms with E-state index in [-0.39, 0.29) is 0 Å². The number of hydrogen-bond donors (Lipinski definition) is 0. The third kappa shape index (κ3) is 2.80. The molecular formula is C24H20N2. The largest absolute Gasteiger partial charge is 0.254 e. The number of rotatable bonds is 3. The Morgan fingerprint density at radius 2 is 1.50 bits per heavy atom. The molecule has 0 saturated heterocycles. The van der Waals surface area contributed by atoms with E-state index in [0.29, 0.717) is 0 Å². The van der Waals surface area contributed by atoms with E-state index in [1.807, 2.05) is 31.5 Å².